The SMILES string of the molecule is C#CCC/C=C/C(=O)OCc1ccccc1. The molecule has 2 heteroatoms. The predicted molar refractivity (Wildman–Crippen MR) is 63.4 cm³/mol. The summed E-state index contributed by atoms with van der Waals surface area (Å²) in [5.74, 6) is 2.16. The Morgan fingerprint density at radius 2 is 2.12 bits per heavy atom. The summed E-state index contributed by atoms with van der Waals surface area (Å²) in [6.07, 6.45) is 9.57. The molecular weight excluding hydrogens is 200 g/mol. The van der Waals surface area contributed by atoms with Crippen molar-refractivity contribution in [1.29, 1.82) is 0 Å². The van der Waals surface area contributed by atoms with Crippen molar-refractivity contribution in [2.45, 2.75) is 19.4 Å². The van der Waals surface area contributed by atoms with Gasteiger partial charge in [-0.15, -0.1) is 12.3 Å². The van der Waals surface area contributed by atoms with Crippen LogP contribution in [-0.4, -0.2) is 5.97 Å². The summed E-state index contributed by atoms with van der Waals surface area (Å²) < 4.78 is 5.03. The number of esters is 1. The molecule has 0 aliphatic carbocycles. The van der Waals surface area contributed by atoms with Gasteiger partial charge in [-0.2, -0.15) is 0 Å². The Morgan fingerprint density at radius 1 is 1.38 bits per heavy atom. The highest BCUT2D eigenvalue weighted by Crippen LogP contribution is 2.01. The molecule has 0 spiro atoms. The minimum Gasteiger partial charge on any atom is -0.458 e. The van der Waals surface area contributed by atoms with Gasteiger partial charge in [-0.3, -0.25) is 0 Å². The average molecular weight is 214 g/mol. The monoisotopic (exact) mass is 214 g/mol. The fraction of sp³-hybridized carbons (Fsp3) is 0.214. The molecule has 0 atom stereocenters. The van der Waals surface area contributed by atoms with Gasteiger partial charge < -0.3 is 4.74 Å². The van der Waals surface area contributed by atoms with E-state index >= 15 is 0 Å². The van der Waals surface area contributed by atoms with E-state index < -0.39 is 0 Å². The molecule has 16 heavy (non-hydrogen) atoms. The lowest BCUT2D eigenvalue weighted by Crippen LogP contribution is -2.00. The maximum Gasteiger partial charge on any atom is 0.330 e. The van der Waals surface area contributed by atoms with Gasteiger partial charge in [-0.05, 0) is 12.0 Å². The zero-order valence-electron chi connectivity index (χ0n) is 9.06. The van der Waals surface area contributed by atoms with Gasteiger partial charge in [0.05, 0.1) is 0 Å². The molecule has 0 radical (unpaired) electrons. The second kappa shape index (κ2) is 7.30. The number of terminal acetylenes is 1. The lowest BCUT2D eigenvalue weighted by Gasteiger charge is -2.01. The average Bonchev–Trinajstić information content (AvgIpc) is 2.33. The summed E-state index contributed by atoms with van der Waals surface area (Å²) in [6.45, 7) is 0.305. The van der Waals surface area contributed by atoms with Crippen LogP contribution in [0.15, 0.2) is 42.5 Å². The van der Waals surface area contributed by atoms with Crippen LogP contribution >= 0.6 is 0 Å². The van der Waals surface area contributed by atoms with Crippen molar-refractivity contribution in [2.75, 3.05) is 0 Å². The lowest BCUT2D eigenvalue weighted by atomic mass is 10.2. The molecule has 0 bridgehead atoms. The quantitative estimate of drug-likeness (QED) is 0.326. The van der Waals surface area contributed by atoms with Crippen LogP contribution in [0.5, 0.6) is 0 Å². The topological polar surface area (TPSA) is 26.3 Å². The maximum absolute atomic E-state index is 11.2. The molecule has 0 fully saturated rings. The van der Waals surface area contributed by atoms with E-state index in [4.69, 9.17) is 11.2 Å². The van der Waals surface area contributed by atoms with E-state index in [1.54, 1.807) is 6.08 Å². The number of hydrogen-bond acceptors (Lipinski definition) is 2. The van der Waals surface area contributed by atoms with E-state index in [1.807, 2.05) is 30.3 Å². The molecule has 0 aromatic heterocycles. The fourth-order valence-electron chi connectivity index (χ4n) is 1.12. The van der Waals surface area contributed by atoms with Gasteiger partial charge in [0.25, 0.3) is 0 Å². The smallest absolute Gasteiger partial charge is 0.330 e. The van der Waals surface area contributed by atoms with Crippen LogP contribution in [0.3, 0.4) is 0 Å². The number of carbonyl (C=O) groups excluding carboxylic acids is 1. The van der Waals surface area contributed by atoms with Crippen molar-refractivity contribution in [3.63, 3.8) is 0 Å². The standard InChI is InChI=1S/C14H14O2/c1-2-3-4-8-11-14(15)16-12-13-9-6-5-7-10-13/h1,5-11H,3-4,12H2/b11-8+. The second-order valence-electron chi connectivity index (χ2n) is 3.24. The Morgan fingerprint density at radius 3 is 2.81 bits per heavy atom. The largest absolute Gasteiger partial charge is 0.458 e. The third kappa shape index (κ3) is 5.02. The van der Waals surface area contributed by atoms with Crippen LogP contribution in [0, 0.1) is 12.3 Å². The summed E-state index contributed by atoms with van der Waals surface area (Å²) in [5, 5.41) is 0. The summed E-state index contributed by atoms with van der Waals surface area (Å²) >= 11 is 0. The summed E-state index contributed by atoms with van der Waals surface area (Å²) in [4.78, 5) is 11.2. The van der Waals surface area contributed by atoms with Crippen molar-refractivity contribution in [1.82, 2.24) is 0 Å². The maximum atomic E-state index is 11.2. The first-order valence-corrected chi connectivity index (χ1v) is 5.13. The number of carbonyl (C=O) groups is 1. The van der Waals surface area contributed by atoms with E-state index in [9.17, 15) is 4.79 Å². The summed E-state index contributed by atoms with van der Waals surface area (Å²) in [6, 6.07) is 9.56. The van der Waals surface area contributed by atoms with Crippen molar-refractivity contribution in [3.05, 3.63) is 48.0 Å². The Hall–Kier alpha value is -2.01. The van der Waals surface area contributed by atoms with Crippen molar-refractivity contribution in [3.8, 4) is 12.3 Å². The molecule has 0 saturated heterocycles. The highest BCUT2D eigenvalue weighted by Gasteiger charge is 1.97. The predicted octanol–water partition coefficient (Wildman–Crippen LogP) is 2.70. The number of hydrogen-bond donors (Lipinski definition) is 0. The van der Waals surface area contributed by atoms with E-state index in [1.165, 1.54) is 6.08 Å². The third-order valence-corrected chi connectivity index (χ3v) is 1.93. The van der Waals surface area contributed by atoms with Gasteiger partial charge in [-0.1, -0.05) is 36.4 Å². The minimum absolute atomic E-state index is 0.305. The molecular formula is C14H14O2. The number of ether oxygens (including phenoxy) is 1. The molecule has 1 rings (SSSR count). The van der Waals surface area contributed by atoms with E-state index in [-0.39, 0.29) is 5.97 Å². The first-order chi connectivity index (χ1) is 7.83. The van der Waals surface area contributed by atoms with Gasteiger partial charge in [0.1, 0.15) is 6.61 Å². The van der Waals surface area contributed by atoms with Crippen molar-refractivity contribution >= 4 is 5.97 Å². The Kier molecular flexibility index (Phi) is 5.51. The van der Waals surface area contributed by atoms with Crippen LogP contribution in [0.25, 0.3) is 0 Å². The zero-order chi connectivity index (χ0) is 11.6. The Bertz CT molecular complexity index is 385. The molecule has 1 aromatic carbocycles. The Balaban J connectivity index is 2.26. The first-order valence-electron chi connectivity index (χ1n) is 5.13. The molecule has 0 aliphatic rings. The number of allylic oxidation sites excluding steroid dienone is 1. The third-order valence-electron chi connectivity index (χ3n) is 1.93. The van der Waals surface area contributed by atoms with Crippen LogP contribution in [0.4, 0.5) is 0 Å². The number of benzene rings is 1. The van der Waals surface area contributed by atoms with E-state index in [2.05, 4.69) is 5.92 Å². The molecule has 0 N–H and O–H groups in total. The van der Waals surface area contributed by atoms with Crippen molar-refractivity contribution in [2.24, 2.45) is 0 Å². The lowest BCUT2D eigenvalue weighted by molar-refractivity contribution is -0.139. The molecule has 1 aromatic rings. The molecule has 82 valence electrons. The summed E-state index contributed by atoms with van der Waals surface area (Å²) in [7, 11) is 0. The van der Waals surface area contributed by atoms with Gasteiger partial charge in [0.15, 0.2) is 0 Å². The van der Waals surface area contributed by atoms with Gasteiger partial charge in [-0.25, -0.2) is 4.79 Å². The van der Waals surface area contributed by atoms with Crippen LogP contribution in [0.1, 0.15) is 18.4 Å². The highest BCUT2D eigenvalue weighted by atomic mass is 16.5. The molecule has 2 nitrogen and oxygen atoms in total. The minimum atomic E-state index is -0.333. The van der Waals surface area contributed by atoms with Crippen molar-refractivity contribution < 1.29 is 9.53 Å². The normalized spacial score (nSPS) is 9.94. The summed E-state index contributed by atoms with van der Waals surface area (Å²) in [5.41, 5.74) is 0.980. The molecule has 0 amide bonds. The second-order valence-corrected chi connectivity index (χ2v) is 3.24. The molecule has 0 unspecified atom stereocenters. The van der Waals surface area contributed by atoms with Crippen LogP contribution < -0.4 is 0 Å². The van der Waals surface area contributed by atoms with Crippen LogP contribution in [0.2, 0.25) is 0 Å². The first kappa shape index (κ1) is 12.1. The molecule has 0 aliphatic heterocycles. The van der Waals surface area contributed by atoms with E-state index in [0.717, 1.165) is 5.56 Å². The number of unbranched alkanes of at least 4 members (excludes halogenated alkanes) is 1. The van der Waals surface area contributed by atoms with E-state index in [0.29, 0.717) is 19.4 Å². The fourth-order valence-corrected chi connectivity index (χ4v) is 1.12. The van der Waals surface area contributed by atoms with Gasteiger partial charge in [0.2, 0.25) is 0 Å². The molecule has 0 heterocycles. The highest BCUT2D eigenvalue weighted by molar-refractivity contribution is 5.81. The van der Waals surface area contributed by atoms with Gasteiger partial charge in [0, 0.05) is 12.5 Å². The van der Waals surface area contributed by atoms with Gasteiger partial charge >= 0.3 is 5.97 Å². The number of rotatable bonds is 5. The Labute approximate surface area is 95.9 Å². The zero-order valence-corrected chi connectivity index (χ0v) is 9.06. The molecule has 0 saturated carbocycles. The van der Waals surface area contributed by atoms with Crippen LogP contribution in [-0.2, 0) is 16.1 Å².